The van der Waals surface area contributed by atoms with Gasteiger partial charge < -0.3 is 15.4 Å². The van der Waals surface area contributed by atoms with Crippen LogP contribution >= 0.6 is 15.9 Å². The first-order chi connectivity index (χ1) is 8.97. The Labute approximate surface area is 114 Å². The van der Waals surface area contributed by atoms with E-state index in [0.717, 1.165) is 6.07 Å². The van der Waals surface area contributed by atoms with Gasteiger partial charge in [0.15, 0.2) is 5.69 Å². The lowest BCUT2D eigenvalue weighted by Crippen LogP contribution is -2.13. The average molecular weight is 328 g/mol. The van der Waals surface area contributed by atoms with Crippen molar-refractivity contribution in [3.05, 3.63) is 56.4 Å². The van der Waals surface area contributed by atoms with Gasteiger partial charge in [-0.05, 0) is 45.1 Å². The summed E-state index contributed by atoms with van der Waals surface area (Å²) in [4.78, 5) is 24.0. The van der Waals surface area contributed by atoms with E-state index in [1.54, 1.807) is 0 Å². The van der Waals surface area contributed by atoms with E-state index < -0.39 is 16.6 Å². The van der Waals surface area contributed by atoms with Crippen molar-refractivity contribution in [3.63, 3.8) is 0 Å². The van der Waals surface area contributed by atoms with Crippen molar-refractivity contribution < 1.29 is 14.1 Å². The fourth-order valence-electron chi connectivity index (χ4n) is 1.41. The molecule has 0 saturated carbocycles. The van der Waals surface area contributed by atoms with Crippen LogP contribution in [-0.4, -0.2) is 15.8 Å². The molecule has 1 aromatic carbocycles. The molecule has 2 N–H and O–H groups in total. The number of H-pyrrole nitrogens is 1. The van der Waals surface area contributed by atoms with Crippen LogP contribution in [0.25, 0.3) is 0 Å². The van der Waals surface area contributed by atoms with E-state index in [2.05, 4.69) is 26.2 Å². The molecule has 0 saturated heterocycles. The maximum absolute atomic E-state index is 13.0. The molecule has 1 aromatic heterocycles. The number of amides is 1. The fourth-order valence-corrected chi connectivity index (χ4v) is 1.75. The third-order valence-electron chi connectivity index (χ3n) is 2.29. The molecular formula is C11H7BrFN3O3. The molecule has 8 heteroatoms. The van der Waals surface area contributed by atoms with Gasteiger partial charge in [-0.15, -0.1) is 0 Å². The summed E-state index contributed by atoms with van der Waals surface area (Å²) in [5.74, 6) is -1.39. The largest absolute Gasteiger partial charge is 0.358 e. The van der Waals surface area contributed by atoms with E-state index in [-0.39, 0.29) is 17.2 Å². The second kappa shape index (κ2) is 5.19. The molecule has 0 aliphatic heterocycles. The fraction of sp³-hybridized carbons (Fsp3) is 0. The first-order valence-corrected chi connectivity index (χ1v) is 5.86. The highest BCUT2D eigenvalue weighted by Crippen LogP contribution is 2.23. The van der Waals surface area contributed by atoms with Crippen molar-refractivity contribution >= 4 is 33.3 Å². The number of benzene rings is 1. The Hall–Kier alpha value is -2.22. The summed E-state index contributed by atoms with van der Waals surface area (Å²) in [7, 11) is 0. The minimum absolute atomic E-state index is 0.0165. The van der Waals surface area contributed by atoms with Crippen LogP contribution in [0.4, 0.5) is 15.9 Å². The molecule has 0 spiro atoms. The van der Waals surface area contributed by atoms with Gasteiger partial charge in [0.25, 0.3) is 5.91 Å². The number of rotatable bonds is 3. The molecule has 2 aromatic rings. The number of halogens is 2. The monoisotopic (exact) mass is 327 g/mol. The predicted molar refractivity (Wildman–Crippen MR) is 69.5 cm³/mol. The quantitative estimate of drug-likeness (QED) is 0.670. The molecule has 6 nitrogen and oxygen atoms in total. The molecule has 0 atom stereocenters. The number of hydrogen-bond donors (Lipinski definition) is 2. The molecular weight excluding hydrogens is 321 g/mol. The van der Waals surface area contributed by atoms with E-state index in [1.807, 2.05) is 0 Å². The highest BCUT2D eigenvalue weighted by molar-refractivity contribution is 9.10. The van der Waals surface area contributed by atoms with E-state index in [9.17, 15) is 19.3 Å². The molecule has 0 radical (unpaired) electrons. The number of nitrogens with one attached hydrogen (secondary N) is 2. The van der Waals surface area contributed by atoms with Crippen LogP contribution in [-0.2, 0) is 0 Å². The highest BCUT2D eigenvalue weighted by atomic mass is 79.9. The van der Waals surface area contributed by atoms with Crippen molar-refractivity contribution in [2.24, 2.45) is 0 Å². The highest BCUT2D eigenvalue weighted by Gasteiger charge is 2.16. The van der Waals surface area contributed by atoms with Gasteiger partial charge in [-0.1, -0.05) is 0 Å². The molecule has 2 rings (SSSR count). The Bertz CT molecular complexity index is 656. The average Bonchev–Trinajstić information content (AvgIpc) is 2.83. The SMILES string of the molecule is O=C(Nc1cc(F)ccc1Br)c1ccc([N+](=O)[O-])[nH]1. The molecule has 0 fully saturated rings. The number of aromatic amines is 1. The van der Waals surface area contributed by atoms with E-state index in [1.165, 1.54) is 24.3 Å². The van der Waals surface area contributed by atoms with Crippen molar-refractivity contribution in [2.75, 3.05) is 5.32 Å². The van der Waals surface area contributed by atoms with Crippen LogP contribution in [0.15, 0.2) is 34.8 Å². The number of nitrogens with zero attached hydrogens (tertiary/aromatic N) is 1. The number of aromatic nitrogens is 1. The summed E-state index contributed by atoms with van der Waals surface area (Å²) in [6.07, 6.45) is 0. The second-order valence-electron chi connectivity index (χ2n) is 3.59. The normalized spacial score (nSPS) is 10.2. The minimum Gasteiger partial charge on any atom is -0.358 e. The zero-order valence-corrected chi connectivity index (χ0v) is 10.9. The summed E-state index contributed by atoms with van der Waals surface area (Å²) < 4.78 is 13.5. The summed E-state index contributed by atoms with van der Waals surface area (Å²) >= 11 is 3.16. The van der Waals surface area contributed by atoms with Crippen molar-refractivity contribution in [1.29, 1.82) is 0 Å². The van der Waals surface area contributed by atoms with Gasteiger partial charge in [0.1, 0.15) is 5.82 Å². The van der Waals surface area contributed by atoms with Gasteiger partial charge in [-0.3, -0.25) is 4.79 Å². The Morgan fingerprint density at radius 2 is 2.11 bits per heavy atom. The van der Waals surface area contributed by atoms with E-state index in [0.29, 0.717) is 4.47 Å². The lowest BCUT2D eigenvalue weighted by Gasteiger charge is -2.05. The van der Waals surface area contributed by atoms with Crippen LogP contribution < -0.4 is 5.32 Å². The third-order valence-corrected chi connectivity index (χ3v) is 2.98. The lowest BCUT2D eigenvalue weighted by molar-refractivity contribution is -0.389. The van der Waals surface area contributed by atoms with Crippen molar-refractivity contribution in [3.8, 4) is 0 Å². The Morgan fingerprint density at radius 3 is 2.74 bits per heavy atom. The maximum atomic E-state index is 13.0. The topological polar surface area (TPSA) is 88.0 Å². The summed E-state index contributed by atoms with van der Waals surface area (Å²) in [5.41, 5.74) is 0.255. The zero-order valence-electron chi connectivity index (χ0n) is 9.31. The maximum Gasteiger partial charge on any atom is 0.321 e. The van der Waals surface area contributed by atoms with Crippen LogP contribution in [0, 0.1) is 15.9 Å². The number of nitro groups is 1. The van der Waals surface area contributed by atoms with Crippen LogP contribution in [0.1, 0.15) is 10.5 Å². The van der Waals surface area contributed by atoms with Crippen molar-refractivity contribution in [1.82, 2.24) is 4.98 Å². The number of hydrogen-bond acceptors (Lipinski definition) is 3. The van der Waals surface area contributed by atoms with Crippen LogP contribution in [0.2, 0.25) is 0 Å². The molecule has 19 heavy (non-hydrogen) atoms. The lowest BCUT2D eigenvalue weighted by atomic mass is 10.3. The first-order valence-electron chi connectivity index (χ1n) is 5.07. The van der Waals surface area contributed by atoms with Gasteiger partial charge in [0, 0.05) is 10.5 Å². The summed E-state index contributed by atoms with van der Waals surface area (Å²) in [6, 6.07) is 6.27. The van der Waals surface area contributed by atoms with Gasteiger partial charge >= 0.3 is 5.82 Å². The van der Waals surface area contributed by atoms with Gasteiger partial charge in [-0.2, -0.15) is 0 Å². The second-order valence-corrected chi connectivity index (χ2v) is 4.45. The Kier molecular flexibility index (Phi) is 3.61. The number of carbonyl (C=O) groups is 1. The Morgan fingerprint density at radius 1 is 1.37 bits per heavy atom. The third kappa shape index (κ3) is 2.97. The molecule has 98 valence electrons. The van der Waals surface area contributed by atoms with E-state index >= 15 is 0 Å². The minimum atomic E-state index is -0.644. The molecule has 0 unspecified atom stereocenters. The summed E-state index contributed by atoms with van der Waals surface area (Å²) in [6.45, 7) is 0. The molecule has 0 aliphatic carbocycles. The Balaban J connectivity index is 2.20. The predicted octanol–water partition coefficient (Wildman–Crippen LogP) is 3.08. The number of carbonyl (C=O) groups excluding carboxylic acids is 1. The molecule has 0 bridgehead atoms. The standard InChI is InChI=1S/C11H7BrFN3O3/c12-7-2-1-6(13)5-9(7)15-11(17)8-3-4-10(14-8)16(18)19/h1-5,14H,(H,15,17). The van der Waals surface area contributed by atoms with E-state index in [4.69, 9.17) is 0 Å². The smallest absolute Gasteiger partial charge is 0.321 e. The van der Waals surface area contributed by atoms with Crippen LogP contribution in [0.5, 0.6) is 0 Å². The van der Waals surface area contributed by atoms with Crippen LogP contribution in [0.3, 0.4) is 0 Å². The molecule has 1 heterocycles. The van der Waals surface area contributed by atoms with Crippen molar-refractivity contribution in [2.45, 2.75) is 0 Å². The first kappa shape index (κ1) is 13.2. The number of anilines is 1. The van der Waals surface area contributed by atoms with Gasteiger partial charge in [0.2, 0.25) is 0 Å². The molecule has 0 aliphatic rings. The summed E-state index contributed by atoms with van der Waals surface area (Å²) in [5, 5.41) is 12.9. The van der Waals surface area contributed by atoms with Gasteiger partial charge in [-0.25, -0.2) is 9.37 Å². The zero-order chi connectivity index (χ0) is 14.0. The molecule has 1 amide bonds. The van der Waals surface area contributed by atoms with Gasteiger partial charge in [0.05, 0.1) is 5.69 Å².